The van der Waals surface area contributed by atoms with Crippen molar-refractivity contribution in [1.82, 2.24) is 10.3 Å². The first-order valence-corrected chi connectivity index (χ1v) is 7.11. The van der Waals surface area contributed by atoms with Gasteiger partial charge in [0.05, 0.1) is 5.56 Å². The monoisotopic (exact) mass is 302 g/mol. The zero-order chi connectivity index (χ0) is 13.8. The maximum Gasteiger partial charge on any atom is 0.254 e. The number of carbonyl (C=O) groups is 1. The SMILES string of the molecule is O=C(NC1CCCCC1CO)c1ccc(Cl)nc1Cl. The minimum absolute atomic E-state index is 0.00186. The molecule has 2 unspecified atom stereocenters. The first-order valence-electron chi connectivity index (χ1n) is 6.35. The molecule has 6 heteroatoms. The number of aliphatic hydroxyl groups excluding tert-OH is 1. The molecule has 0 radical (unpaired) electrons. The van der Waals surface area contributed by atoms with Crippen LogP contribution in [0.15, 0.2) is 12.1 Å². The number of amides is 1. The highest BCUT2D eigenvalue weighted by molar-refractivity contribution is 6.34. The van der Waals surface area contributed by atoms with E-state index < -0.39 is 0 Å². The summed E-state index contributed by atoms with van der Waals surface area (Å²) in [6, 6.07) is 3.09. The van der Waals surface area contributed by atoms with Gasteiger partial charge in [0.1, 0.15) is 10.3 Å². The van der Waals surface area contributed by atoms with Gasteiger partial charge in [-0.2, -0.15) is 0 Å². The lowest BCUT2D eigenvalue weighted by Crippen LogP contribution is -2.43. The lowest BCUT2D eigenvalue weighted by molar-refractivity contribution is 0.0872. The lowest BCUT2D eigenvalue weighted by atomic mass is 9.85. The molecule has 2 atom stereocenters. The van der Waals surface area contributed by atoms with E-state index in [2.05, 4.69) is 10.3 Å². The standard InChI is InChI=1S/C13H16Cl2N2O2/c14-11-6-5-9(12(15)17-11)13(19)16-10-4-2-1-3-8(10)7-18/h5-6,8,10,18H,1-4,7H2,(H,16,19). The van der Waals surface area contributed by atoms with Crippen LogP contribution in [0.25, 0.3) is 0 Å². The van der Waals surface area contributed by atoms with E-state index in [9.17, 15) is 9.90 Å². The van der Waals surface area contributed by atoms with E-state index in [1.54, 1.807) is 6.07 Å². The molecule has 1 aromatic rings. The Morgan fingerprint density at radius 1 is 1.37 bits per heavy atom. The van der Waals surface area contributed by atoms with Crippen LogP contribution in [-0.2, 0) is 0 Å². The fourth-order valence-electron chi connectivity index (χ4n) is 2.44. The normalized spacial score (nSPS) is 23.1. The summed E-state index contributed by atoms with van der Waals surface area (Å²) < 4.78 is 0. The van der Waals surface area contributed by atoms with Gasteiger partial charge in [-0.25, -0.2) is 4.98 Å². The van der Waals surface area contributed by atoms with Crippen LogP contribution in [0.1, 0.15) is 36.0 Å². The molecule has 1 aliphatic rings. The Bertz CT molecular complexity index is 468. The number of halogens is 2. The number of nitrogens with zero attached hydrogens (tertiary/aromatic N) is 1. The van der Waals surface area contributed by atoms with Gasteiger partial charge in [-0.3, -0.25) is 4.79 Å². The van der Waals surface area contributed by atoms with Gasteiger partial charge < -0.3 is 10.4 Å². The number of nitrogens with one attached hydrogen (secondary N) is 1. The quantitative estimate of drug-likeness (QED) is 0.844. The van der Waals surface area contributed by atoms with Crippen molar-refractivity contribution >= 4 is 29.1 Å². The molecule has 4 nitrogen and oxygen atoms in total. The number of hydrogen-bond acceptors (Lipinski definition) is 3. The highest BCUT2D eigenvalue weighted by Crippen LogP contribution is 2.25. The molecule has 2 rings (SSSR count). The van der Waals surface area contributed by atoms with Crippen LogP contribution < -0.4 is 5.32 Å². The van der Waals surface area contributed by atoms with Gasteiger partial charge in [-0.05, 0) is 25.0 Å². The van der Waals surface area contributed by atoms with Gasteiger partial charge in [0.15, 0.2) is 0 Å². The molecular weight excluding hydrogens is 287 g/mol. The van der Waals surface area contributed by atoms with Crippen molar-refractivity contribution < 1.29 is 9.90 Å². The molecule has 1 aliphatic carbocycles. The maximum atomic E-state index is 12.1. The second-order valence-electron chi connectivity index (χ2n) is 4.78. The lowest BCUT2D eigenvalue weighted by Gasteiger charge is -2.30. The molecule has 1 aromatic heterocycles. The van der Waals surface area contributed by atoms with E-state index in [-0.39, 0.29) is 34.8 Å². The Hall–Kier alpha value is -0.840. The van der Waals surface area contributed by atoms with Crippen LogP contribution in [0.5, 0.6) is 0 Å². The average Bonchev–Trinajstić information content (AvgIpc) is 2.39. The molecule has 0 saturated heterocycles. The van der Waals surface area contributed by atoms with Gasteiger partial charge in [0.25, 0.3) is 5.91 Å². The molecule has 1 heterocycles. The van der Waals surface area contributed by atoms with Gasteiger partial charge in [0, 0.05) is 18.6 Å². The third-order valence-corrected chi connectivity index (χ3v) is 4.02. The highest BCUT2D eigenvalue weighted by atomic mass is 35.5. The van der Waals surface area contributed by atoms with E-state index in [4.69, 9.17) is 23.2 Å². The molecule has 0 bridgehead atoms. The van der Waals surface area contributed by atoms with E-state index in [0.29, 0.717) is 5.56 Å². The molecule has 104 valence electrons. The Morgan fingerprint density at radius 3 is 2.79 bits per heavy atom. The second-order valence-corrected chi connectivity index (χ2v) is 5.52. The summed E-state index contributed by atoms with van der Waals surface area (Å²) in [6.07, 6.45) is 3.98. The molecule has 2 N–H and O–H groups in total. The summed E-state index contributed by atoms with van der Waals surface area (Å²) in [7, 11) is 0. The minimum atomic E-state index is -0.264. The molecule has 0 aliphatic heterocycles. The van der Waals surface area contributed by atoms with Gasteiger partial charge in [-0.15, -0.1) is 0 Å². The van der Waals surface area contributed by atoms with Crippen molar-refractivity contribution in [3.63, 3.8) is 0 Å². The Labute approximate surface area is 122 Å². The first kappa shape index (κ1) is 14.6. The third kappa shape index (κ3) is 3.59. The zero-order valence-corrected chi connectivity index (χ0v) is 11.9. The molecule has 19 heavy (non-hydrogen) atoms. The van der Waals surface area contributed by atoms with Crippen molar-refractivity contribution in [2.24, 2.45) is 5.92 Å². The number of pyridine rings is 1. The molecule has 1 saturated carbocycles. The van der Waals surface area contributed by atoms with Crippen LogP contribution >= 0.6 is 23.2 Å². The van der Waals surface area contributed by atoms with Crippen LogP contribution in [0, 0.1) is 5.92 Å². The Morgan fingerprint density at radius 2 is 2.11 bits per heavy atom. The maximum absolute atomic E-state index is 12.1. The van der Waals surface area contributed by atoms with Gasteiger partial charge in [0.2, 0.25) is 0 Å². The number of hydrogen-bond donors (Lipinski definition) is 2. The van der Waals surface area contributed by atoms with Crippen LogP contribution in [0.4, 0.5) is 0 Å². The Kier molecular flexibility index (Phi) is 5.02. The number of rotatable bonds is 3. The summed E-state index contributed by atoms with van der Waals surface area (Å²) >= 11 is 11.6. The van der Waals surface area contributed by atoms with E-state index in [1.807, 2.05) is 0 Å². The number of aromatic nitrogens is 1. The van der Waals surface area contributed by atoms with E-state index >= 15 is 0 Å². The topological polar surface area (TPSA) is 62.2 Å². The van der Waals surface area contributed by atoms with Crippen molar-refractivity contribution in [3.05, 3.63) is 28.0 Å². The predicted octanol–water partition coefficient (Wildman–Crippen LogP) is 2.67. The first-order chi connectivity index (χ1) is 9.11. The number of carbonyl (C=O) groups excluding carboxylic acids is 1. The molecule has 0 aromatic carbocycles. The predicted molar refractivity (Wildman–Crippen MR) is 74.6 cm³/mol. The van der Waals surface area contributed by atoms with Crippen LogP contribution in [-0.4, -0.2) is 28.6 Å². The molecule has 1 amide bonds. The van der Waals surface area contributed by atoms with Crippen molar-refractivity contribution in [1.29, 1.82) is 0 Å². The van der Waals surface area contributed by atoms with Gasteiger partial charge in [-0.1, -0.05) is 36.0 Å². The summed E-state index contributed by atoms with van der Waals surface area (Å²) in [6.45, 7) is 0.0948. The fourth-order valence-corrected chi connectivity index (χ4v) is 2.87. The molecular formula is C13H16Cl2N2O2. The third-order valence-electron chi connectivity index (χ3n) is 3.52. The summed E-state index contributed by atoms with van der Waals surface area (Å²) in [4.78, 5) is 16.0. The largest absolute Gasteiger partial charge is 0.396 e. The fraction of sp³-hybridized carbons (Fsp3) is 0.538. The summed E-state index contributed by atoms with van der Waals surface area (Å²) in [5.74, 6) is -0.142. The van der Waals surface area contributed by atoms with Crippen molar-refractivity contribution in [2.75, 3.05) is 6.61 Å². The Balaban J connectivity index is 2.07. The minimum Gasteiger partial charge on any atom is -0.396 e. The van der Waals surface area contributed by atoms with E-state index in [0.717, 1.165) is 25.7 Å². The van der Waals surface area contributed by atoms with Gasteiger partial charge >= 0.3 is 0 Å². The van der Waals surface area contributed by atoms with Crippen molar-refractivity contribution in [3.8, 4) is 0 Å². The highest BCUT2D eigenvalue weighted by Gasteiger charge is 2.26. The van der Waals surface area contributed by atoms with E-state index in [1.165, 1.54) is 6.07 Å². The van der Waals surface area contributed by atoms with Crippen molar-refractivity contribution in [2.45, 2.75) is 31.7 Å². The van der Waals surface area contributed by atoms with Crippen LogP contribution in [0.2, 0.25) is 10.3 Å². The summed E-state index contributed by atoms with van der Waals surface area (Å²) in [5, 5.41) is 12.6. The molecule has 1 fully saturated rings. The number of aliphatic hydroxyl groups is 1. The zero-order valence-electron chi connectivity index (χ0n) is 10.4. The second kappa shape index (κ2) is 6.55. The summed E-state index contributed by atoms with van der Waals surface area (Å²) in [5.41, 5.74) is 0.313. The average molecular weight is 303 g/mol. The molecule has 0 spiro atoms. The smallest absolute Gasteiger partial charge is 0.254 e. The van der Waals surface area contributed by atoms with Crippen LogP contribution in [0.3, 0.4) is 0 Å².